The maximum atomic E-state index is 13.5. The summed E-state index contributed by atoms with van der Waals surface area (Å²) in [6.07, 6.45) is 0. The van der Waals surface area contributed by atoms with Crippen molar-refractivity contribution in [3.05, 3.63) is 110 Å². The minimum Gasteiger partial charge on any atom is -0.505 e. The number of aromatic hydroxyl groups is 1. The molecule has 0 bridgehead atoms. The molecule has 0 atom stereocenters. The van der Waals surface area contributed by atoms with Crippen LogP contribution in [0.3, 0.4) is 0 Å². The topological polar surface area (TPSA) is 72.4 Å². The fraction of sp³-hybridized carbons (Fsp3) is 0.0400. The van der Waals surface area contributed by atoms with Gasteiger partial charge in [-0.2, -0.15) is 0 Å². The Labute approximate surface area is 191 Å². The lowest BCUT2D eigenvalue weighted by Gasteiger charge is -2.14. The number of nitrogens with zero attached hydrogens (tertiary/aromatic N) is 1. The Kier molecular flexibility index (Phi) is 5.25. The molecular weight excluding hydrogens is 446 g/mol. The van der Waals surface area contributed by atoms with Crippen molar-refractivity contribution >= 4 is 45.2 Å². The lowest BCUT2D eigenvalue weighted by molar-refractivity contribution is 0.446. The van der Waals surface area contributed by atoms with Gasteiger partial charge in [0.2, 0.25) is 0 Å². The van der Waals surface area contributed by atoms with Crippen molar-refractivity contribution in [1.29, 1.82) is 0 Å². The Morgan fingerprint density at radius 2 is 1.69 bits per heavy atom. The van der Waals surface area contributed by atoms with Crippen LogP contribution in [0.5, 0.6) is 5.75 Å². The van der Waals surface area contributed by atoms with Crippen LogP contribution in [-0.4, -0.2) is 9.67 Å². The van der Waals surface area contributed by atoms with E-state index in [4.69, 9.17) is 16.0 Å². The second-order valence-corrected chi connectivity index (χ2v) is 8.75. The van der Waals surface area contributed by atoms with Crippen LogP contribution < -0.4 is 11.2 Å². The van der Waals surface area contributed by atoms with E-state index in [2.05, 4.69) is 0 Å². The first kappa shape index (κ1) is 20.4. The second kappa shape index (κ2) is 8.22. The van der Waals surface area contributed by atoms with Crippen LogP contribution >= 0.6 is 23.4 Å². The summed E-state index contributed by atoms with van der Waals surface area (Å²) in [6, 6.07) is 23.6. The molecule has 5 nitrogen and oxygen atoms in total. The van der Waals surface area contributed by atoms with Gasteiger partial charge in [-0.3, -0.25) is 4.79 Å². The Morgan fingerprint density at radius 1 is 0.938 bits per heavy atom. The number of para-hydroxylation sites is 1. The maximum Gasteiger partial charge on any atom is 0.354 e. The molecular formula is C25H16ClNO4S. The molecule has 2 aromatic heterocycles. The Hall–Kier alpha value is -3.48. The quantitative estimate of drug-likeness (QED) is 0.349. The van der Waals surface area contributed by atoms with E-state index in [-0.39, 0.29) is 15.9 Å². The molecule has 0 spiro atoms. The highest BCUT2D eigenvalue weighted by Crippen LogP contribution is 2.37. The summed E-state index contributed by atoms with van der Waals surface area (Å²) in [5, 5.41) is 12.1. The third-order valence-corrected chi connectivity index (χ3v) is 6.45. The second-order valence-electron chi connectivity index (χ2n) is 7.22. The highest BCUT2D eigenvalue weighted by molar-refractivity contribution is 7.99. The van der Waals surface area contributed by atoms with Gasteiger partial charge in [-0.25, -0.2) is 4.79 Å². The van der Waals surface area contributed by atoms with Gasteiger partial charge in [0.25, 0.3) is 5.56 Å². The summed E-state index contributed by atoms with van der Waals surface area (Å²) in [4.78, 5) is 26.9. The molecule has 0 unspecified atom stereocenters. The summed E-state index contributed by atoms with van der Waals surface area (Å²) >= 11 is 7.05. The summed E-state index contributed by atoms with van der Waals surface area (Å²) in [5.41, 5.74) is 0.478. The maximum absolute atomic E-state index is 13.5. The average molecular weight is 462 g/mol. The smallest absolute Gasteiger partial charge is 0.354 e. The van der Waals surface area contributed by atoms with Gasteiger partial charge in [0.15, 0.2) is 11.3 Å². The fourth-order valence-electron chi connectivity index (χ4n) is 3.70. The molecule has 0 aliphatic heterocycles. The van der Waals surface area contributed by atoms with Crippen molar-refractivity contribution in [2.75, 3.05) is 0 Å². The van der Waals surface area contributed by atoms with E-state index < -0.39 is 16.9 Å². The highest BCUT2D eigenvalue weighted by atomic mass is 35.5. The molecule has 0 fully saturated rings. The number of hydrogen-bond acceptors (Lipinski definition) is 5. The first-order valence-electron chi connectivity index (χ1n) is 9.81. The van der Waals surface area contributed by atoms with Crippen LogP contribution in [0, 0.1) is 0 Å². The molecule has 0 saturated carbocycles. The van der Waals surface area contributed by atoms with Crippen LogP contribution in [0.4, 0.5) is 0 Å². The van der Waals surface area contributed by atoms with Gasteiger partial charge >= 0.3 is 5.63 Å². The Balaban J connectivity index is 1.79. The van der Waals surface area contributed by atoms with Crippen LogP contribution in [0.15, 0.2) is 103 Å². The number of aromatic nitrogens is 1. The zero-order valence-electron chi connectivity index (χ0n) is 16.6. The average Bonchev–Trinajstić information content (AvgIpc) is 2.80. The summed E-state index contributed by atoms with van der Waals surface area (Å²) < 4.78 is 7.18. The molecule has 1 N–H and O–H groups in total. The van der Waals surface area contributed by atoms with Crippen LogP contribution in [0.1, 0.15) is 5.56 Å². The van der Waals surface area contributed by atoms with E-state index in [0.717, 1.165) is 17.3 Å². The molecule has 0 aliphatic rings. The first-order chi connectivity index (χ1) is 15.5. The number of benzene rings is 3. The summed E-state index contributed by atoms with van der Waals surface area (Å²) in [7, 11) is 0. The molecule has 3 aromatic carbocycles. The van der Waals surface area contributed by atoms with Crippen LogP contribution in [0.2, 0.25) is 5.02 Å². The molecule has 0 saturated heterocycles. The van der Waals surface area contributed by atoms with Gasteiger partial charge < -0.3 is 14.1 Å². The fourth-order valence-corrected chi connectivity index (χ4v) is 4.85. The van der Waals surface area contributed by atoms with Crippen molar-refractivity contribution in [3.63, 3.8) is 0 Å². The molecule has 7 heteroatoms. The minimum atomic E-state index is -0.717. The zero-order chi connectivity index (χ0) is 22.2. The summed E-state index contributed by atoms with van der Waals surface area (Å²) in [6.45, 7) is 0.311. The van der Waals surface area contributed by atoms with Gasteiger partial charge in [-0.1, -0.05) is 71.9 Å². The van der Waals surface area contributed by atoms with Crippen molar-refractivity contribution < 1.29 is 9.52 Å². The lowest BCUT2D eigenvalue weighted by Crippen LogP contribution is -2.22. The molecule has 0 aliphatic carbocycles. The molecule has 32 heavy (non-hydrogen) atoms. The molecule has 5 aromatic rings. The number of rotatable bonds is 4. The predicted molar refractivity (Wildman–Crippen MR) is 127 cm³/mol. The molecule has 5 rings (SSSR count). The largest absolute Gasteiger partial charge is 0.505 e. The molecule has 2 heterocycles. The van der Waals surface area contributed by atoms with E-state index in [1.807, 2.05) is 36.4 Å². The van der Waals surface area contributed by atoms with Gasteiger partial charge in [-0.15, -0.1) is 0 Å². The minimum absolute atomic E-state index is 0.0243. The zero-order valence-corrected chi connectivity index (χ0v) is 18.2. The van der Waals surface area contributed by atoms with Crippen molar-refractivity contribution in [3.8, 4) is 5.75 Å². The summed E-state index contributed by atoms with van der Waals surface area (Å²) in [5.74, 6) is -0.390. The molecule has 0 radical (unpaired) electrons. The third kappa shape index (κ3) is 3.57. The third-order valence-electron chi connectivity index (χ3n) is 5.16. The monoisotopic (exact) mass is 461 g/mol. The first-order valence-corrected chi connectivity index (χ1v) is 11.0. The number of halogens is 1. The van der Waals surface area contributed by atoms with E-state index in [1.54, 1.807) is 47.0 Å². The van der Waals surface area contributed by atoms with E-state index in [0.29, 0.717) is 27.4 Å². The van der Waals surface area contributed by atoms with Crippen molar-refractivity contribution in [2.24, 2.45) is 0 Å². The van der Waals surface area contributed by atoms with Crippen LogP contribution in [-0.2, 0) is 6.54 Å². The van der Waals surface area contributed by atoms with Gasteiger partial charge in [0, 0.05) is 15.3 Å². The lowest BCUT2D eigenvalue weighted by atomic mass is 10.1. The highest BCUT2D eigenvalue weighted by Gasteiger charge is 2.22. The Bertz CT molecular complexity index is 1590. The van der Waals surface area contributed by atoms with E-state index >= 15 is 0 Å². The number of fused-ring (bicyclic) bond motifs is 3. The number of pyridine rings is 1. The van der Waals surface area contributed by atoms with Crippen LogP contribution in [0.25, 0.3) is 21.9 Å². The van der Waals surface area contributed by atoms with Gasteiger partial charge in [0.1, 0.15) is 10.3 Å². The molecule has 158 valence electrons. The number of hydrogen-bond donors (Lipinski definition) is 1. The van der Waals surface area contributed by atoms with E-state index in [1.165, 1.54) is 0 Å². The van der Waals surface area contributed by atoms with Gasteiger partial charge in [0.05, 0.1) is 12.1 Å². The van der Waals surface area contributed by atoms with E-state index in [9.17, 15) is 14.7 Å². The van der Waals surface area contributed by atoms with Crippen molar-refractivity contribution in [2.45, 2.75) is 16.3 Å². The molecule has 0 amide bonds. The SMILES string of the molecule is O=c1oc2c(c(O)c1Sc1cccc(Cl)c1)c(=O)n(Cc1ccccc1)c1ccccc21. The normalized spacial score (nSPS) is 11.3. The standard InChI is InChI=1S/C25H16ClNO4S/c26-16-9-6-10-17(13-16)32-23-21(28)20-22(31-25(23)30)18-11-4-5-12-19(18)27(24(20)29)14-15-7-2-1-3-8-15/h1-13,28H,14H2. The predicted octanol–water partition coefficient (Wildman–Crippen LogP) is 5.67. The van der Waals surface area contributed by atoms with Crippen molar-refractivity contribution in [1.82, 2.24) is 4.57 Å². The Morgan fingerprint density at radius 3 is 2.47 bits per heavy atom. The van der Waals surface area contributed by atoms with Gasteiger partial charge in [-0.05, 0) is 35.9 Å².